The molecule has 27 heavy (non-hydrogen) atoms. The van der Waals surface area contributed by atoms with Crippen molar-refractivity contribution in [3.63, 3.8) is 0 Å². The van der Waals surface area contributed by atoms with Gasteiger partial charge in [-0.2, -0.15) is 0 Å². The molecule has 146 valence electrons. The summed E-state index contributed by atoms with van der Waals surface area (Å²) in [5.41, 5.74) is 0. The highest BCUT2D eigenvalue weighted by Crippen LogP contribution is 2.04. The van der Waals surface area contributed by atoms with E-state index >= 15 is 0 Å². The van der Waals surface area contributed by atoms with Gasteiger partial charge in [0.2, 0.25) is 11.8 Å². The third kappa shape index (κ3) is 6.58. The summed E-state index contributed by atoms with van der Waals surface area (Å²) in [6.07, 6.45) is 4.11. The van der Waals surface area contributed by atoms with E-state index < -0.39 is 0 Å². The summed E-state index contributed by atoms with van der Waals surface area (Å²) in [5, 5.41) is 5.73. The highest BCUT2D eigenvalue weighted by molar-refractivity contribution is 5.78. The highest BCUT2D eigenvalue weighted by atomic mass is 16.3. The second-order valence-corrected chi connectivity index (χ2v) is 6.62. The molecule has 8 nitrogen and oxygen atoms in total. The molecule has 0 spiro atoms. The van der Waals surface area contributed by atoms with E-state index in [1.165, 1.54) is 0 Å². The first kappa shape index (κ1) is 19.2. The minimum Gasteiger partial charge on any atom is -0.467 e. The average Bonchev–Trinajstić information content (AvgIpc) is 3.32. The Hall–Kier alpha value is -2.58. The molecule has 2 N–H and O–H groups in total. The first-order valence-electron chi connectivity index (χ1n) is 9.22. The van der Waals surface area contributed by atoms with Crippen LogP contribution < -0.4 is 10.6 Å². The first-order chi connectivity index (χ1) is 13.2. The van der Waals surface area contributed by atoms with Gasteiger partial charge in [-0.15, -0.1) is 0 Å². The number of hydrogen-bond donors (Lipinski definition) is 2. The number of amides is 2. The van der Waals surface area contributed by atoms with Gasteiger partial charge in [-0.05, 0) is 43.8 Å². The van der Waals surface area contributed by atoms with E-state index in [-0.39, 0.29) is 11.8 Å². The molecule has 0 unspecified atom stereocenters. The molecule has 0 aliphatic carbocycles. The van der Waals surface area contributed by atoms with Gasteiger partial charge in [0.1, 0.15) is 11.5 Å². The fourth-order valence-corrected chi connectivity index (χ4v) is 3.06. The first-order valence-corrected chi connectivity index (χ1v) is 9.22. The second-order valence-electron chi connectivity index (χ2n) is 6.62. The topological polar surface area (TPSA) is 91.0 Å². The number of carbonyl (C=O) groups is 2. The molecular formula is C19H26N4O4. The Bertz CT molecular complexity index is 639. The largest absolute Gasteiger partial charge is 0.467 e. The summed E-state index contributed by atoms with van der Waals surface area (Å²) < 4.78 is 10.4. The van der Waals surface area contributed by atoms with Crippen LogP contribution in [0.5, 0.6) is 0 Å². The van der Waals surface area contributed by atoms with Crippen LogP contribution in [0, 0.1) is 0 Å². The summed E-state index contributed by atoms with van der Waals surface area (Å²) in [4.78, 5) is 28.4. The predicted molar refractivity (Wildman–Crippen MR) is 98.6 cm³/mol. The van der Waals surface area contributed by atoms with E-state index in [1.54, 1.807) is 24.7 Å². The number of nitrogens with one attached hydrogen (secondary N) is 2. The monoisotopic (exact) mass is 374 g/mol. The maximum Gasteiger partial charge on any atom is 0.234 e. The molecule has 2 aromatic heterocycles. The van der Waals surface area contributed by atoms with Crippen LogP contribution in [0.15, 0.2) is 45.6 Å². The van der Waals surface area contributed by atoms with Crippen LogP contribution in [0.1, 0.15) is 17.9 Å². The maximum atomic E-state index is 12.1. The quantitative estimate of drug-likeness (QED) is 0.711. The zero-order chi connectivity index (χ0) is 18.9. The molecule has 0 bridgehead atoms. The van der Waals surface area contributed by atoms with Crippen LogP contribution in [0.2, 0.25) is 0 Å². The Morgan fingerprint density at radius 2 is 1.30 bits per heavy atom. The lowest BCUT2D eigenvalue weighted by Crippen LogP contribution is -2.41. The van der Waals surface area contributed by atoms with Gasteiger partial charge < -0.3 is 19.5 Å². The van der Waals surface area contributed by atoms with Gasteiger partial charge in [0.25, 0.3) is 0 Å². The molecular weight excluding hydrogens is 348 g/mol. The van der Waals surface area contributed by atoms with Gasteiger partial charge in [-0.3, -0.25) is 19.4 Å². The SMILES string of the molecule is O=C(CN1CCCN(CC(=O)NCc2ccco2)CC1)NCc1ccco1. The van der Waals surface area contributed by atoms with E-state index in [0.717, 1.165) is 44.1 Å². The van der Waals surface area contributed by atoms with Crippen molar-refractivity contribution in [1.29, 1.82) is 0 Å². The lowest BCUT2D eigenvalue weighted by Gasteiger charge is -2.21. The number of carbonyl (C=O) groups excluding carboxylic acids is 2. The Morgan fingerprint density at radius 1 is 0.815 bits per heavy atom. The van der Waals surface area contributed by atoms with Gasteiger partial charge in [0.15, 0.2) is 0 Å². The number of nitrogens with zero attached hydrogens (tertiary/aromatic N) is 2. The van der Waals surface area contributed by atoms with Gasteiger partial charge in [-0.25, -0.2) is 0 Å². The van der Waals surface area contributed by atoms with Crippen molar-refractivity contribution < 1.29 is 18.4 Å². The second kappa shape index (κ2) is 9.94. The summed E-state index contributed by atoms with van der Waals surface area (Å²) in [6.45, 7) is 4.75. The summed E-state index contributed by atoms with van der Waals surface area (Å²) >= 11 is 0. The van der Waals surface area contributed by atoms with Gasteiger partial charge >= 0.3 is 0 Å². The van der Waals surface area contributed by atoms with Crippen LogP contribution >= 0.6 is 0 Å². The van der Waals surface area contributed by atoms with Crippen LogP contribution in [0.3, 0.4) is 0 Å². The summed E-state index contributed by atoms with van der Waals surface area (Å²) in [6, 6.07) is 7.27. The van der Waals surface area contributed by atoms with Gasteiger partial charge in [0.05, 0.1) is 38.7 Å². The predicted octanol–water partition coefficient (Wildman–Crippen LogP) is 0.813. The zero-order valence-electron chi connectivity index (χ0n) is 15.4. The van der Waals surface area contributed by atoms with Crippen LogP contribution in [0.25, 0.3) is 0 Å². The summed E-state index contributed by atoms with van der Waals surface area (Å²) in [7, 11) is 0. The van der Waals surface area contributed by atoms with Crippen molar-refractivity contribution >= 4 is 11.8 Å². The molecule has 3 rings (SSSR count). The standard InChI is InChI=1S/C19H26N4O4/c24-18(20-12-16-4-1-10-26-16)14-22-6-3-7-23(9-8-22)15-19(25)21-13-17-5-2-11-27-17/h1-2,4-5,10-11H,3,6-9,12-15H2,(H,20,24)(H,21,25). The van der Waals surface area contributed by atoms with Crippen molar-refractivity contribution in [1.82, 2.24) is 20.4 Å². The molecule has 0 saturated carbocycles. The van der Waals surface area contributed by atoms with Crippen molar-refractivity contribution in [3.8, 4) is 0 Å². The minimum absolute atomic E-state index is 0.0176. The van der Waals surface area contributed by atoms with Crippen molar-refractivity contribution in [2.45, 2.75) is 19.5 Å². The Kier molecular flexibility index (Phi) is 7.06. The van der Waals surface area contributed by atoms with E-state index in [1.807, 2.05) is 12.1 Å². The smallest absolute Gasteiger partial charge is 0.234 e. The Morgan fingerprint density at radius 3 is 1.70 bits per heavy atom. The molecule has 2 aromatic rings. The normalized spacial score (nSPS) is 16.0. The Balaban J connectivity index is 1.34. The van der Waals surface area contributed by atoms with Gasteiger partial charge in [-0.1, -0.05) is 0 Å². The molecule has 1 saturated heterocycles. The van der Waals surface area contributed by atoms with Crippen LogP contribution in [0.4, 0.5) is 0 Å². The van der Waals surface area contributed by atoms with Gasteiger partial charge in [0, 0.05) is 13.1 Å². The third-order valence-electron chi connectivity index (χ3n) is 4.50. The van der Waals surface area contributed by atoms with Crippen molar-refractivity contribution in [3.05, 3.63) is 48.3 Å². The fraction of sp³-hybridized carbons (Fsp3) is 0.474. The molecule has 0 aromatic carbocycles. The lowest BCUT2D eigenvalue weighted by molar-refractivity contribution is -0.123. The number of rotatable bonds is 8. The van der Waals surface area contributed by atoms with E-state index in [2.05, 4.69) is 20.4 Å². The number of hydrogen-bond acceptors (Lipinski definition) is 6. The molecule has 2 amide bonds. The van der Waals surface area contributed by atoms with E-state index in [0.29, 0.717) is 26.2 Å². The van der Waals surface area contributed by atoms with Crippen molar-refractivity contribution in [2.75, 3.05) is 39.3 Å². The number of furan rings is 2. The van der Waals surface area contributed by atoms with Crippen LogP contribution in [-0.2, 0) is 22.7 Å². The zero-order valence-corrected chi connectivity index (χ0v) is 15.4. The van der Waals surface area contributed by atoms with Crippen LogP contribution in [-0.4, -0.2) is 60.9 Å². The minimum atomic E-state index is -0.0176. The third-order valence-corrected chi connectivity index (χ3v) is 4.50. The summed E-state index contributed by atoms with van der Waals surface area (Å²) in [5.74, 6) is 1.45. The molecule has 1 aliphatic heterocycles. The van der Waals surface area contributed by atoms with Crippen molar-refractivity contribution in [2.24, 2.45) is 0 Å². The fourth-order valence-electron chi connectivity index (χ4n) is 3.06. The Labute approximate surface area is 158 Å². The highest BCUT2D eigenvalue weighted by Gasteiger charge is 2.18. The van der Waals surface area contributed by atoms with E-state index in [9.17, 15) is 9.59 Å². The maximum absolute atomic E-state index is 12.1. The molecule has 0 radical (unpaired) electrons. The molecule has 0 atom stereocenters. The average molecular weight is 374 g/mol. The lowest BCUT2D eigenvalue weighted by atomic mass is 10.3. The van der Waals surface area contributed by atoms with E-state index in [4.69, 9.17) is 8.83 Å². The molecule has 8 heteroatoms. The molecule has 1 fully saturated rings. The molecule has 1 aliphatic rings. The molecule has 3 heterocycles.